The van der Waals surface area contributed by atoms with Crippen LogP contribution in [0.25, 0.3) is 5.76 Å². The Morgan fingerprint density at radius 3 is 1.80 bits per heavy atom. The summed E-state index contributed by atoms with van der Waals surface area (Å²) in [5.74, 6) is -0.245. The van der Waals surface area contributed by atoms with Gasteiger partial charge in [-0.25, -0.2) is 0 Å². The summed E-state index contributed by atoms with van der Waals surface area (Å²) in [5, 5.41) is 23.8. The van der Waals surface area contributed by atoms with Crippen LogP contribution in [0, 0.1) is 0 Å². The molecule has 1 saturated heterocycles. The van der Waals surface area contributed by atoms with Crippen molar-refractivity contribution in [2.24, 2.45) is 0 Å². The third kappa shape index (κ3) is 4.83. The molecule has 4 aromatic carbocycles. The van der Waals surface area contributed by atoms with E-state index in [0.717, 1.165) is 0 Å². The first-order chi connectivity index (χ1) is 19.4. The molecule has 7 nitrogen and oxygen atoms in total. The van der Waals surface area contributed by atoms with Crippen molar-refractivity contribution in [3.05, 3.63) is 131 Å². The molecular weight excluding hydrogens is 506 g/mol. The number of carbonyl (C=O) groups is 2. The van der Waals surface area contributed by atoms with E-state index < -0.39 is 29.8 Å². The number of methoxy groups -OCH3 is 2. The zero-order valence-corrected chi connectivity index (χ0v) is 22.2. The Morgan fingerprint density at radius 1 is 0.775 bits per heavy atom. The van der Waals surface area contributed by atoms with Crippen LogP contribution in [-0.4, -0.2) is 41.7 Å². The molecule has 0 amide bonds. The van der Waals surface area contributed by atoms with Gasteiger partial charge in [-0.1, -0.05) is 72.8 Å². The fourth-order valence-corrected chi connectivity index (χ4v) is 5.10. The standard InChI is InChI=1S/C33H29NO6/c1-39-26-17-13-23(14-18-26)30-29(31(36)24-11-7-4-8-12-24)32(37)33(38,21-28(35)22-9-5-3-6-10-22)34(30)25-15-19-27(40-2)20-16-25/h3-20,30,36,38H,21H2,1-2H3. The van der Waals surface area contributed by atoms with Crippen molar-refractivity contribution in [1.82, 2.24) is 0 Å². The van der Waals surface area contributed by atoms with Gasteiger partial charge < -0.3 is 24.6 Å². The van der Waals surface area contributed by atoms with Crippen LogP contribution in [0.4, 0.5) is 5.69 Å². The maximum Gasteiger partial charge on any atom is 0.217 e. The number of hydrogen-bond acceptors (Lipinski definition) is 7. The molecule has 202 valence electrons. The second-order valence-electron chi connectivity index (χ2n) is 9.48. The van der Waals surface area contributed by atoms with Gasteiger partial charge in [0.25, 0.3) is 0 Å². The predicted molar refractivity (Wildman–Crippen MR) is 153 cm³/mol. The second-order valence-corrected chi connectivity index (χ2v) is 9.48. The Morgan fingerprint density at radius 2 is 1.27 bits per heavy atom. The third-order valence-corrected chi connectivity index (χ3v) is 7.13. The number of anilines is 1. The predicted octanol–water partition coefficient (Wildman–Crippen LogP) is 5.77. The molecule has 1 aliphatic rings. The topological polar surface area (TPSA) is 96.3 Å². The Balaban J connectivity index is 1.75. The molecule has 2 N–H and O–H groups in total. The van der Waals surface area contributed by atoms with E-state index in [2.05, 4.69) is 0 Å². The van der Waals surface area contributed by atoms with Gasteiger partial charge in [-0.15, -0.1) is 0 Å². The van der Waals surface area contributed by atoms with Crippen LogP contribution in [0.2, 0.25) is 0 Å². The van der Waals surface area contributed by atoms with Crippen LogP contribution < -0.4 is 14.4 Å². The second kappa shape index (κ2) is 11.1. The van der Waals surface area contributed by atoms with Gasteiger partial charge in [0.2, 0.25) is 11.5 Å². The highest BCUT2D eigenvalue weighted by atomic mass is 16.5. The Hall–Kier alpha value is -4.88. The number of ether oxygens (including phenoxy) is 2. The number of ketones is 2. The number of hydrogen-bond donors (Lipinski definition) is 2. The summed E-state index contributed by atoms with van der Waals surface area (Å²) in [6.45, 7) is 0. The first kappa shape index (κ1) is 26.7. The van der Waals surface area contributed by atoms with Crippen molar-refractivity contribution in [1.29, 1.82) is 0 Å². The van der Waals surface area contributed by atoms with Gasteiger partial charge in [0.05, 0.1) is 32.3 Å². The molecule has 0 radical (unpaired) electrons. The molecule has 7 heteroatoms. The highest BCUT2D eigenvalue weighted by Gasteiger charge is 2.58. The number of benzene rings is 4. The quantitative estimate of drug-likeness (QED) is 0.168. The van der Waals surface area contributed by atoms with Gasteiger partial charge in [0, 0.05) is 16.8 Å². The lowest BCUT2D eigenvalue weighted by atomic mass is 9.92. The lowest BCUT2D eigenvalue weighted by molar-refractivity contribution is -0.130. The SMILES string of the molecule is COc1ccc(C2C(=C(O)c3ccccc3)C(=O)C(O)(CC(=O)c3ccccc3)N2c2ccc(OC)cc2)cc1. The first-order valence-corrected chi connectivity index (χ1v) is 12.8. The molecule has 1 heterocycles. The summed E-state index contributed by atoms with van der Waals surface area (Å²) in [7, 11) is 3.10. The summed E-state index contributed by atoms with van der Waals surface area (Å²) in [4.78, 5) is 29.3. The largest absolute Gasteiger partial charge is 0.507 e. The zero-order chi connectivity index (χ0) is 28.3. The van der Waals surface area contributed by atoms with E-state index in [9.17, 15) is 19.8 Å². The smallest absolute Gasteiger partial charge is 0.217 e. The third-order valence-electron chi connectivity index (χ3n) is 7.13. The monoisotopic (exact) mass is 535 g/mol. The number of carbonyl (C=O) groups excluding carboxylic acids is 2. The minimum absolute atomic E-state index is 0.0180. The van der Waals surface area contributed by atoms with Crippen LogP contribution in [0.5, 0.6) is 11.5 Å². The number of aliphatic hydroxyl groups is 2. The molecule has 2 atom stereocenters. The molecule has 1 fully saturated rings. The lowest BCUT2D eigenvalue weighted by Crippen LogP contribution is -2.51. The minimum atomic E-state index is -2.30. The van der Waals surface area contributed by atoms with Crippen molar-refractivity contribution in [3.8, 4) is 11.5 Å². The molecule has 2 unspecified atom stereocenters. The van der Waals surface area contributed by atoms with Gasteiger partial charge in [0.15, 0.2) is 5.78 Å². The highest BCUT2D eigenvalue weighted by Crippen LogP contribution is 2.50. The summed E-state index contributed by atoms with van der Waals surface area (Å²) < 4.78 is 10.6. The van der Waals surface area contributed by atoms with E-state index in [1.54, 1.807) is 123 Å². The molecule has 0 aliphatic carbocycles. The van der Waals surface area contributed by atoms with Crippen LogP contribution in [-0.2, 0) is 4.79 Å². The van der Waals surface area contributed by atoms with Gasteiger partial charge >= 0.3 is 0 Å². The maximum atomic E-state index is 14.3. The van der Waals surface area contributed by atoms with Crippen LogP contribution >= 0.6 is 0 Å². The van der Waals surface area contributed by atoms with E-state index in [0.29, 0.717) is 33.9 Å². The molecule has 0 aromatic heterocycles. The molecule has 5 rings (SSSR count). The van der Waals surface area contributed by atoms with Crippen LogP contribution in [0.15, 0.2) is 115 Å². The first-order valence-electron chi connectivity index (χ1n) is 12.8. The van der Waals surface area contributed by atoms with Crippen molar-refractivity contribution in [2.45, 2.75) is 18.2 Å². The normalized spacial score (nSPS) is 19.8. The number of Topliss-reactive ketones (excluding diaryl/α,β-unsaturated/α-hetero) is 2. The van der Waals surface area contributed by atoms with E-state index in [1.807, 2.05) is 0 Å². The average molecular weight is 536 g/mol. The molecule has 4 aromatic rings. The van der Waals surface area contributed by atoms with Crippen molar-refractivity contribution >= 4 is 23.0 Å². The fourth-order valence-electron chi connectivity index (χ4n) is 5.10. The highest BCUT2D eigenvalue weighted by molar-refractivity contribution is 6.15. The number of aliphatic hydroxyl groups excluding tert-OH is 1. The molecule has 40 heavy (non-hydrogen) atoms. The molecule has 1 aliphatic heterocycles. The van der Waals surface area contributed by atoms with Crippen LogP contribution in [0.3, 0.4) is 0 Å². The fraction of sp³-hybridized carbons (Fsp3) is 0.152. The minimum Gasteiger partial charge on any atom is -0.507 e. The number of nitrogens with zero attached hydrogens (tertiary/aromatic N) is 1. The Labute approximate surface area is 232 Å². The van der Waals surface area contributed by atoms with Gasteiger partial charge in [-0.2, -0.15) is 0 Å². The van der Waals surface area contributed by atoms with E-state index >= 15 is 0 Å². The van der Waals surface area contributed by atoms with Crippen molar-refractivity contribution in [3.63, 3.8) is 0 Å². The lowest BCUT2D eigenvalue weighted by Gasteiger charge is -2.37. The van der Waals surface area contributed by atoms with E-state index in [-0.39, 0.29) is 11.3 Å². The van der Waals surface area contributed by atoms with Crippen molar-refractivity contribution < 1.29 is 29.3 Å². The van der Waals surface area contributed by atoms with E-state index in [1.165, 1.54) is 4.90 Å². The van der Waals surface area contributed by atoms with Gasteiger partial charge in [-0.05, 0) is 42.0 Å². The summed E-state index contributed by atoms with van der Waals surface area (Å²) >= 11 is 0. The molecule has 0 bridgehead atoms. The van der Waals surface area contributed by atoms with Crippen LogP contribution in [0.1, 0.15) is 33.9 Å². The Bertz CT molecular complexity index is 1530. The van der Waals surface area contributed by atoms with Gasteiger partial charge in [0.1, 0.15) is 17.3 Å². The van der Waals surface area contributed by atoms with E-state index in [4.69, 9.17) is 9.47 Å². The molecule has 0 spiro atoms. The Kier molecular flexibility index (Phi) is 7.40. The van der Waals surface area contributed by atoms with Crippen molar-refractivity contribution in [2.75, 3.05) is 19.1 Å². The maximum absolute atomic E-state index is 14.3. The summed E-state index contributed by atoms with van der Waals surface area (Å²) in [5.41, 5.74) is -0.457. The molecular formula is C33H29NO6. The number of rotatable bonds is 8. The summed E-state index contributed by atoms with van der Waals surface area (Å²) in [6, 6.07) is 30.1. The zero-order valence-electron chi connectivity index (χ0n) is 22.2. The summed E-state index contributed by atoms with van der Waals surface area (Å²) in [6.07, 6.45) is -0.528. The molecule has 0 saturated carbocycles. The average Bonchev–Trinajstić information content (AvgIpc) is 3.23. The van der Waals surface area contributed by atoms with Gasteiger partial charge in [-0.3, -0.25) is 9.59 Å².